The van der Waals surface area contributed by atoms with Gasteiger partial charge in [-0.05, 0) is 51.5 Å². The van der Waals surface area contributed by atoms with Crippen LogP contribution in [0, 0.1) is 5.82 Å². The molecular weight excluding hydrogens is 261 g/mol. The fourth-order valence-corrected chi connectivity index (χ4v) is 2.49. The van der Waals surface area contributed by atoms with Gasteiger partial charge in [0.15, 0.2) is 0 Å². The zero-order valence-electron chi connectivity index (χ0n) is 12.3. The number of thioether (sulfide) groups is 1. The largest absolute Gasteiger partial charge is 0.392 e. The van der Waals surface area contributed by atoms with Crippen LogP contribution in [0.25, 0.3) is 0 Å². The third-order valence-electron chi connectivity index (χ3n) is 2.82. The summed E-state index contributed by atoms with van der Waals surface area (Å²) in [6.45, 7) is 10.6. The number of hydrogen-bond acceptors (Lipinski definition) is 3. The van der Waals surface area contributed by atoms with Crippen molar-refractivity contribution in [1.29, 1.82) is 0 Å². The molecule has 1 rings (SSSR count). The van der Waals surface area contributed by atoms with E-state index in [9.17, 15) is 9.50 Å². The molecule has 1 aromatic rings. The number of benzene rings is 1. The monoisotopic (exact) mass is 285 g/mol. The summed E-state index contributed by atoms with van der Waals surface area (Å²) in [5.74, 6) is -0.222. The number of aliphatic hydroxyl groups is 1. The van der Waals surface area contributed by atoms with Crippen LogP contribution in [0.3, 0.4) is 0 Å². The molecule has 0 aromatic heterocycles. The van der Waals surface area contributed by atoms with Crippen LogP contribution in [0.4, 0.5) is 4.39 Å². The van der Waals surface area contributed by atoms with Crippen molar-refractivity contribution in [3.05, 3.63) is 29.6 Å². The van der Waals surface area contributed by atoms with E-state index < -0.39 is 6.10 Å². The Labute approximate surface area is 119 Å². The summed E-state index contributed by atoms with van der Waals surface area (Å²) in [5, 5.41) is 13.0. The smallest absolute Gasteiger partial charge is 0.123 e. The van der Waals surface area contributed by atoms with Crippen LogP contribution in [0.2, 0.25) is 0 Å². The van der Waals surface area contributed by atoms with Crippen molar-refractivity contribution in [3.8, 4) is 0 Å². The number of hydrogen-bond donors (Lipinski definition) is 2. The van der Waals surface area contributed by atoms with Gasteiger partial charge in [0.25, 0.3) is 0 Å². The molecule has 2 N–H and O–H groups in total. The molecule has 2 unspecified atom stereocenters. The van der Waals surface area contributed by atoms with E-state index in [1.165, 1.54) is 6.07 Å². The fourth-order valence-electron chi connectivity index (χ4n) is 1.46. The first-order valence-electron chi connectivity index (χ1n) is 6.57. The lowest BCUT2D eigenvalue weighted by Crippen LogP contribution is -2.35. The summed E-state index contributed by atoms with van der Waals surface area (Å²) in [7, 11) is 0. The maximum absolute atomic E-state index is 13.4. The van der Waals surface area contributed by atoms with Gasteiger partial charge < -0.3 is 10.4 Å². The second-order valence-corrected chi connectivity index (χ2v) is 7.34. The molecule has 0 aliphatic rings. The molecular formula is C15H24FNOS. The van der Waals surface area contributed by atoms with Gasteiger partial charge in [-0.15, -0.1) is 11.8 Å². The lowest BCUT2D eigenvalue weighted by molar-refractivity contribution is 0.196. The highest BCUT2D eigenvalue weighted by Crippen LogP contribution is 2.29. The highest BCUT2D eigenvalue weighted by Gasteiger charge is 2.15. The Morgan fingerprint density at radius 3 is 2.47 bits per heavy atom. The first-order valence-corrected chi connectivity index (χ1v) is 7.45. The molecule has 0 radical (unpaired) electrons. The molecule has 2 atom stereocenters. The van der Waals surface area contributed by atoms with E-state index in [1.54, 1.807) is 30.8 Å². The molecule has 0 saturated heterocycles. The molecule has 19 heavy (non-hydrogen) atoms. The van der Waals surface area contributed by atoms with Crippen molar-refractivity contribution in [1.82, 2.24) is 5.32 Å². The maximum Gasteiger partial charge on any atom is 0.123 e. The van der Waals surface area contributed by atoms with Gasteiger partial charge in [-0.1, -0.05) is 6.92 Å². The van der Waals surface area contributed by atoms with Crippen LogP contribution in [-0.2, 0) is 6.54 Å². The van der Waals surface area contributed by atoms with Gasteiger partial charge in [-0.2, -0.15) is 0 Å². The zero-order chi connectivity index (χ0) is 14.6. The van der Waals surface area contributed by atoms with Crippen molar-refractivity contribution >= 4 is 11.8 Å². The molecule has 0 aliphatic carbocycles. The first-order chi connectivity index (χ1) is 8.69. The maximum atomic E-state index is 13.4. The molecule has 0 heterocycles. The SMILES string of the molecule is CC(O)C(C)Sc1ccc(F)cc1CNC(C)(C)C. The van der Waals surface area contributed by atoms with Crippen molar-refractivity contribution < 1.29 is 9.50 Å². The summed E-state index contributed by atoms with van der Waals surface area (Å²) >= 11 is 1.58. The van der Waals surface area contributed by atoms with Crippen molar-refractivity contribution in [2.75, 3.05) is 0 Å². The Kier molecular flexibility index (Phi) is 5.83. The van der Waals surface area contributed by atoms with Crippen molar-refractivity contribution in [3.63, 3.8) is 0 Å². The Bertz CT molecular complexity index is 415. The Morgan fingerprint density at radius 2 is 1.95 bits per heavy atom. The number of aliphatic hydroxyl groups excluding tert-OH is 1. The third kappa shape index (κ3) is 5.93. The van der Waals surface area contributed by atoms with Crippen LogP contribution < -0.4 is 5.32 Å². The molecule has 1 aromatic carbocycles. The van der Waals surface area contributed by atoms with E-state index in [2.05, 4.69) is 26.1 Å². The van der Waals surface area contributed by atoms with Gasteiger partial charge in [0.2, 0.25) is 0 Å². The summed E-state index contributed by atoms with van der Waals surface area (Å²) in [6.07, 6.45) is -0.390. The lowest BCUT2D eigenvalue weighted by atomic mass is 10.1. The quantitative estimate of drug-likeness (QED) is 0.811. The average molecular weight is 285 g/mol. The normalized spacial score (nSPS) is 15.3. The van der Waals surface area contributed by atoms with Gasteiger partial charge in [-0.3, -0.25) is 0 Å². The van der Waals surface area contributed by atoms with Crippen LogP contribution in [0.15, 0.2) is 23.1 Å². The zero-order valence-corrected chi connectivity index (χ0v) is 13.1. The Balaban J connectivity index is 2.85. The molecule has 0 spiro atoms. The summed E-state index contributed by atoms with van der Waals surface area (Å²) < 4.78 is 13.4. The van der Waals surface area contributed by atoms with E-state index in [1.807, 2.05) is 6.92 Å². The van der Waals surface area contributed by atoms with E-state index in [0.29, 0.717) is 6.54 Å². The van der Waals surface area contributed by atoms with Crippen LogP contribution in [0.1, 0.15) is 40.2 Å². The van der Waals surface area contributed by atoms with Gasteiger partial charge >= 0.3 is 0 Å². The number of rotatable bonds is 5. The molecule has 0 aliphatic heterocycles. The lowest BCUT2D eigenvalue weighted by Gasteiger charge is -2.22. The van der Waals surface area contributed by atoms with E-state index in [-0.39, 0.29) is 16.6 Å². The Hall–Kier alpha value is -0.580. The highest BCUT2D eigenvalue weighted by atomic mass is 32.2. The van der Waals surface area contributed by atoms with E-state index in [0.717, 1.165) is 10.5 Å². The van der Waals surface area contributed by atoms with Crippen LogP contribution in [0.5, 0.6) is 0 Å². The summed E-state index contributed by atoms with van der Waals surface area (Å²) in [6, 6.07) is 4.83. The molecule has 0 saturated carbocycles. The number of halogens is 1. The topological polar surface area (TPSA) is 32.3 Å². The van der Waals surface area contributed by atoms with Gasteiger partial charge in [-0.25, -0.2) is 4.39 Å². The van der Waals surface area contributed by atoms with Crippen molar-refractivity contribution in [2.24, 2.45) is 0 Å². The molecule has 0 bridgehead atoms. The van der Waals surface area contributed by atoms with E-state index in [4.69, 9.17) is 0 Å². The molecule has 4 heteroatoms. The number of nitrogens with one attached hydrogen (secondary N) is 1. The molecule has 0 amide bonds. The van der Waals surface area contributed by atoms with Gasteiger partial charge in [0.1, 0.15) is 5.82 Å². The minimum absolute atomic E-state index is 0.00978. The molecule has 2 nitrogen and oxygen atoms in total. The van der Waals surface area contributed by atoms with Gasteiger partial charge in [0, 0.05) is 22.2 Å². The minimum Gasteiger partial charge on any atom is -0.392 e. The van der Waals surface area contributed by atoms with Crippen LogP contribution in [-0.4, -0.2) is 22.0 Å². The predicted molar refractivity (Wildman–Crippen MR) is 80.0 cm³/mol. The van der Waals surface area contributed by atoms with E-state index >= 15 is 0 Å². The molecule has 108 valence electrons. The third-order valence-corrected chi connectivity index (χ3v) is 4.24. The second kappa shape index (κ2) is 6.73. The second-order valence-electron chi connectivity index (χ2n) is 5.92. The fraction of sp³-hybridized carbons (Fsp3) is 0.600. The minimum atomic E-state index is -0.390. The van der Waals surface area contributed by atoms with Crippen LogP contribution >= 0.6 is 11.8 Å². The Morgan fingerprint density at radius 1 is 1.32 bits per heavy atom. The predicted octanol–water partition coefficient (Wildman–Crippen LogP) is 3.58. The van der Waals surface area contributed by atoms with Gasteiger partial charge in [0.05, 0.1) is 6.10 Å². The summed E-state index contributed by atoms with van der Waals surface area (Å²) in [5.41, 5.74) is 0.928. The standard InChI is InChI=1S/C15H24FNOS/c1-10(18)11(2)19-14-7-6-13(16)8-12(14)9-17-15(3,4)5/h6-8,10-11,17-18H,9H2,1-5H3. The highest BCUT2D eigenvalue weighted by molar-refractivity contribution is 8.00. The first kappa shape index (κ1) is 16.5. The van der Waals surface area contributed by atoms with Crippen molar-refractivity contribution in [2.45, 2.75) is 63.0 Å². The summed E-state index contributed by atoms with van der Waals surface area (Å²) in [4.78, 5) is 1.02. The molecule has 0 fully saturated rings. The average Bonchev–Trinajstić information content (AvgIpc) is 2.28.